The van der Waals surface area contributed by atoms with E-state index in [1.807, 2.05) is 0 Å². The normalized spacial score (nSPS) is 25.8. The third-order valence-corrected chi connectivity index (χ3v) is 10.4. The second kappa shape index (κ2) is 13.3. The number of sulfonamides is 1. The first-order valence-electron chi connectivity index (χ1n) is 14.6. The van der Waals surface area contributed by atoms with Crippen LogP contribution in [0.5, 0.6) is 0 Å². The van der Waals surface area contributed by atoms with Crippen LogP contribution in [0.2, 0.25) is 5.02 Å². The predicted octanol–water partition coefficient (Wildman–Crippen LogP) is 5.95. The van der Waals surface area contributed by atoms with E-state index < -0.39 is 10.0 Å². The van der Waals surface area contributed by atoms with E-state index in [1.54, 1.807) is 28.6 Å². The Hall–Kier alpha value is -1.15. The maximum absolute atomic E-state index is 12.3. The molecule has 1 unspecified atom stereocenters. The standard InChI is InChI=1S/C15H26N2O.C11H14ClNO2S.C3H6/c1-2-6-15-7-3-8-17(15)10-9-16(12-15)14(18)11-13-4-5-13;12-10-4-6-11(7-5-10)16(14,15)13-8-2-1-3-9-13;1-2-3-1/h13H,2-12H2,1H3;4-7H,1-3,8-9H2;1-3H2. The lowest BCUT2D eigenvalue weighted by Crippen LogP contribution is -2.60. The van der Waals surface area contributed by atoms with Crippen LogP contribution in [0.4, 0.5) is 0 Å². The minimum absolute atomic E-state index is 0.332. The molecule has 0 N–H and O–H groups in total. The molecule has 2 aliphatic carbocycles. The van der Waals surface area contributed by atoms with E-state index in [9.17, 15) is 13.2 Å². The molecule has 5 aliphatic rings. The summed E-state index contributed by atoms with van der Waals surface area (Å²) in [5, 5.41) is 0.553. The van der Waals surface area contributed by atoms with Gasteiger partial charge in [-0.25, -0.2) is 8.42 Å². The highest BCUT2D eigenvalue weighted by atomic mass is 35.5. The molecule has 6 nitrogen and oxygen atoms in total. The zero-order chi connectivity index (χ0) is 26.3. The predicted molar refractivity (Wildman–Crippen MR) is 150 cm³/mol. The average Bonchev–Trinajstić information content (AvgIpc) is 3.84. The molecule has 6 rings (SSSR count). The lowest BCUT2D eigenvalue weighted by atomic mass is 9.88. The summed E-state index contributed by atoms with van der Waals surface area (Å²) < 4.78 is 25.9. The van der Waals surface area contributed by atoms with Crippen molar-refractivity contribution in [2.24, 2.45) is 5.92 Å². The van der Waals surface area contributed by atoms with Crippen molar-refractivity contribution in [3.8, 4) is 0 Å². The molecule has 1 aromatic carbocycles. The maximum atomic E-state index is 12.3. The van der Waals surface area contributed by atoms with Gasteiger partial charge in [0.1, 0.15) is 0 Å². The first-order valence-corrected chi connectivity index (χ1v) is 16.4. The third kappa shape index (κ3) is 8.17. The van der Waals surface area contributed by atoms with Crippen LogP contribution in [0.15, 0.2) is 29.2 Å². The molecular weight excluding hydrogens is 506 g/mol. The second-order valence-electron chi connectivity index (χ2n) is 11.5. The van der Waals surface area contributed by atoms with E-state index in [0.29, 0.717) is 34.5 Å². The van der Waals surface area contributed by atoms with Crippen molar-refractivity contribution in [2.75, 3.05) is 39.3 Å². The fourth-order valence-electron chi connectivity index (χ4n) is 5.80. The molecule has 0 aromatic heterocycles. The van der Waals surface area contributed by atoms with E-state index in [-0.39, 0.29) is 0 Å². The first-order chi connectivity index (χ1) is 17.8. The van der Waals surface area contributed by atoms with Gasteiger partial charge >= 0.3 is 0 Å². The van der Waals surface area contributed by atoms with Crippen molar-refractivity contribution >= 4 is 27.5 Å². The van der Waals surface area contributed by atoms with Crippen molar-refractivity contribution in [3.05, 3.63) is 29.3 Å². The average molecular weight is 552 g/mol. The van der Waals surface area contributed by atoms with E-state index in [1.165, 1.54) is 64.3 Å². The van der Waals surface area contributed by atoms with Crippen molar-refractivity contribution in [1.29, 1.82) is 0 Å². The van der Waals surface area contributed by atoms with Crippen molar-refractivity contribution in [2.45, 2.75) is 101 Å². The number of nitrogens with zero attached hydrogens (tertiary/aromatic N) is 3. The molecule has 2 saturated carbocycles. The van der Waals surface area contributed by atoms with Crippen LogP contribution in [0.3, 0.4) is 0 Å². The van der Waals surface area contributed by atoms with Crippen LogP contribution in [-0.2, 0) is 14.8 Å². The minimum atomic E-state index is -3.30. The molecule has 3 aliphatic heterocycles. The highest BCUT2D eigenvalue weighted by Crippen LogP contribution is 2.38. The lowest BCUT2D eigenvalue weighted by Gasteiger charge is -2.47. The summed E-state index contributed by atoms with van der Waals surface area (Å²) in [5.41, 5.74) is 0.339. The number of carbonyl (C=O) groups excluding carboxylic acids is 1. The lowest BCUT2D eigenvalue weighted by molar-refractivity contribution is -0.136. The number of piperidine rings is 1. The van der Waals surface area contributed by atoms with Gasteiger partial charge < -0.3 is 4.90 Å². The molecule has 0 spiro atoms. The smallest absolute Gasteiger partial charge is 0.243 e. The SMILES string of the molecule is C1CC1.CCCC12CCCN1CCN(C(=O)CC1CC1)C2.O=S(=O)(c1ccc(Cl)cc1)N1CCCCC1. The Kier molecular flexibility index (Phi) is 10.3. The number of fused-ring (bicyclic) bond motifs is 1. The molecule has 1 aromatic rings. The van der Waals surface area contributed by atoms with Crippen LogP contribution < -0.4 is 0 Å². The van der Waals surface area contributed by atoms with Gasteiger partial charge in [0.25, 0.3) is 0 Å². The Labute approximate surface area is 229 Å². The Morgan fingerprint density at radius 2 is 1.57 bits per heavy atom. The molecule has 5 fully saturated rings. The van der Waals surface area contributed by atoms with Gasteiger partial charge in [0, 0.05) is 49.7 Å². The van der Waals surface area contributed by atoms with Crippen LogP contribution in [0.1, 0.15) is 90.4 Å². The van der Waals surface area contributed by atoms with Crippen molar-refractivity contribution in [3.63, 3.8) is 0 Å². The first kappa shape index (κ1) is 28.8. The molecule has 37 heavy (non-hydrogen) atoms. The number of halogens is 1. The zero-order valence-corrected chi connectivity index (χ0v) is 24.2. The summed E-state index contributed by atoms with van der Waals surface area (Å²) in [7, 11) is -3.30. The number of carbonyl (C=O) groups is 1. The Morgan fingerprint density at radius 3 is 2.16 bits per heavy atom. The number of hydrogen-bond acceptors (Lipinski definition) is 4. The number of amides is 1. The van der Waals surface area contributed by atoms with Gasteiger partial charge in [-0.2, -0.15) is 4.31 Å². The second-order valence-corrected chi connectivity index (χ2v) is 13.9. The molecule has 8 heteroatoms. The van der Waals surface area contributed by atoms with Crippen LogP contribution in [0.25, 0.3) is 0 Å². The molecular formula is C29H46ClN3O3S. The van der Waals surface area contributed by atoms with Crippen molar-refractivity contribution in [1.82, 2.24) is 14.1 Å². The van der Waals surface area contributed by atoms with Gasteiger partial charge in [-0.05, 0) is 81.7 Å². The number of benzene rings is 1. The van der Waals surface area contributed by atoms with Crippen molar-refractivity contribution < 1.29 is 13.2 Å². The van der Waals surface area contributed by atoms with E-state index >= 15 is 0 Å². The quantitative estimate of drug-likeness (QED) is 0.438. The summed E-state index contributed by atoms with van der Waals surface area (Å²) in [6, 6.07) is 6.34. The fraction of sp³-hybridized carbons (Fsp3) is 0.759. The van der Waals surface area contributed by atoms with Gasteiger partial charge in [0.05, 0.1) is 4.90 Å². The maximum Gasteiger partial charge on any atom is 0.243 e. The van der Waals surface area contributed by atoms with Crippen LogP contribution >= 0.6 is 11.6 Å². The number of piperazine rings is 1. The Morgan fingerprint density at radius 1 is 0.919 bits per heavy atom. The number of rotatable bonds is 6. The minimum Gasteiger partial charge on any atom is -0.340 e. The Bertz CT molecular complexity index is 972. The topological polar surface area (TPSA) is 60.9 Å². The summed E-state index contributed by atoms with van der Waals surface area (Å²) in [6.45, 7) is 7.87. The van der Waals surface area contributed by atoms with E-state index in [4.69, 9.17) is 11.6 Å². The Balaban J connectivity index is 0.000000156. The largest absolute Gasteiger partial charge is 0.340 e. The summed E-state index contributed by atoms with van der Waals surface area (Å²) in [6.07, 6.45) is 16.0. The zero-order valence-electron chi connectivity index (χ0n) is 22.7. The molecule has 0 bridgehead atoms. The van der Waals surface area contributed by atoms with E-state index in [0.717, 1.165) is 51.2 Å². The monoisotopic (exact) mass is 551 g/mol. The van der Waals surface area contributed by atoms with Gasteiger partial charge in [-0.3, -0.25) is 9.69 Å². The van der Waals surface area contributed by atoms with Gasteiger partial charge in [-0.15, -0.1) is 0 Å². The highest BCUT2D eigenvalue weighted by molar-refractivity contribution is 7.89. The van der Waals surface area contributed by atoms with E-state index in [2.05, 4.69) is 16.7 Å². The molecule has 1 atom stereocenters. The summed E-state index contributed by atoms with van der Waals surface area (Å²) in [5.74, 6) is 1.15. The van der Waals surface area contributed by atoms with Gasteiger partial charge in [0.15, 0.2) is 0 Å². The third-order valence-electron chi connectivity index (χ3n) is 8.21. The number of hydrogen-bond donors (Lipinski definition) is 0. The van der Waals surface area contributed by atoms with Crippen LogP contribution in [0, 0.1) is 5.92 Å². The molecule has 0 radical (unpaired) electrons. The molecule has 3 heterocycles. The molecule has 3 saturated heterocycles. The van der Waals surface area contributed by atoms with Crippen LogP contribution in [-0.4, -0.2) is 73.2 Å². The summed E-state index contributed by atoms with van der Waals surface area (Å²) in [4.78, 5) is 17.5. The molecule has 208 valence electrons. The summed E-state index contributed by atoms with van der Waals surface area (Å²) >= 11 is 5.74. The molecule has 1 amide bonds. The highest BCUT2D eigenvalue weighted by Gasteiger charge is 2.45. The van der Waals surface area contributed by atoms with Gasteiger partial charge in [0.2, 0.25) is 15.9 Å². The fourth-order valence-corrected chi connectivity index (χ4v) is 7.44. The van der Waals surface area contributed by atoms with Gasteiger partial charge in [-0.1, -0.05) is 50.6 Å².